The van der Waals surface area contributed by atoms with Crippen molar-refractivity contribution in [1.29, 1.82) is 0 Å². The fourth-order valence-electron chi connectivity index (χ4n) is 3.94. The maximum atomic E-state index is 13.1. The molecule has 0 unspecified atom stereocenters. The molecule has 0 atom stereocenters. The second-order valence-electron chi connectivity index (χ2n) is 8.98. The number of carbonyl (C=O) groups is 3. The van der Waals surface area contributed by atoms with Gasteiger partial charge in [0.2, 0.25) is 0 Å². The first-order chi connectivity index (χ1) is 14.6. The van der Waals surface area contributed by atoms with Crippen LogP contribution in [-0.2, 0) is 29.5 Å². The van der Waals surface area contributed by atoms with Crippen LogP contribution in [0.5, 0.6) is 0 Å². The molecule has 0 spiro atoms. The highest BCUT2D eigenvalue weighted by Gasteiger charge is 2.32. The number of fused-ring (bicyclic) bond motifs is 1. The van der Waals surface area contributed by atoms with Crippen LogP contribution in [-0.4, -0.2) is 75.6 Å². The van der Waals surface area contributed by atoms with E-state index in [0.717, 1.165) is 11.3 Å². The van der Waals surface area contributed by atoms with Gasteiger partial charge in [-0.1, -0.05) is 0 Å². The van der Waals surface area contributed by atoms with Gasteiger partial charge in [0, 0.05) is 44.7 Å². The minimum absolute atomic E-state index is 0.0331. The number of amides is 3. The molecule has 0 aromatic carbocycles. The summed E-state index contributed by atoms with van der Waals surface area (Å²) in [5.41, 5.74) is 1.49. The van der Waals surface area contributed by atoms with Crippen LogP contribution in [0.1, 0.15) is 62.3 Å². The topological polar surface area (TPSA) is 106 Å². The normalized spacial score (nSPS) is 17.2. The minimum Gasteiger partial charge on any atom is -0.450 e. The molecule has 31 heavy (non-hydrogen) atoms. The lowest BCUT2D eigenvalue weighted by molar-refractivity contribution is 0.0222. The molecular weight excluding hydrogens is 402 g/mol. The van der Waals surface area contributed by atoms with Gasteiger partial charge in [-0.15, -0.1) is 0 Å². The van der Waals surface area contributed by atoms with E-state index in [4.69, 9.17) is 9.47 Å². The average molecular weight is 436 g/mol. The lowest BCUT2D eigenvalue weighted by Gasteiger charge is -2.32. The zero-order chi connectivity index (χ0) is 22.8. The van der Waals surface area contributed by atoms with Crippen LogP contribution in [0.15, 0.2) is 0 Å². The Kier molecular flexibility index (Phi) is 6.76. The first-order valence-electron chi connectivity index (χ1n) is 10.8. The monoisotopic (exact) mass is 435 g/mol. The van der Waals surface area contributed by atoms with E-state index >= 15 is 0 Å². The summed E-state index contributed by atoms with van der Waals surface area (Å²) in [4.78, 5) is 40.7. The number of hydrogen-bond donors (Lipinski definition) is 1. The number of aromatic nitrogens is 2. The van der Waals surface area contributed by atoms with Gasteiger partial charge in [-0.05, 0) is 40.5 Å². The van der Waals surface area contributed by atoms with Crippen molar-refractivity contribution in [2.24, 2.45) is 7.05 Å². The van der Waals surface area contributed by atoms with Crippen LogP contribution >= 0.6 is 0 Å². The predicted molar refractivity (Wildman–Crippen MR) is 113 cm³/mol. The summed E-state index contributed by atoms with van der Waals surface area (Å²) in [7, 11) is 1.74. The first-order valence-corrected chi connectivity index (χ1v) is 10.8. The number of hydrogen-bond acceptors (Lipinski definition) is 6. The van der Waals surface area contributed by atoms with E-state index in [9.17, 15) is 14.4 Å². The van der Waals surface area contributed by atoms with Crippen molar-refractivity contribution < 1.29 is 23.9 Å². The molecule has 0 bridgehead atoms. The Hall–Kier alpha value is -2.78. The molecule has 0 radical (unpaired) electrons. The number of nitrogens with zero attached hydrogens (tertiary/aromatic N) is 4. The molecule has 1 fully saturated rings. The van der Waals surface area contributed by atoms with Crippen LogP contribution in [0.2, 0.25) is 0 Å². The molecular formula is C21H33N5O5. The van der Waals surface area contributed by atoms with Crippen molar-refractivity contribution in [3.05, 3.63) is 17.0 Å². The zero-order valence-corrected chi connectivity index (χ0v) is 19.1. The van der Waals surface area contributed by atoms with Crippen LogP contribution in [0.25, 0.3) is 0 Å². The SMILES string of the molecule is CCOC(=O)N1CCC(NC(=O)c2c3c(nn2C)CCN(C(=O)OC(C)(C)C)C3)CC1. The largest absolute Gasteiger partial charge is 0.450 e. The van der Waals surface area contributed by atoms with Crippen molar-refractivity contribution >= 4 is 18.1 Å². The van der Waals surface area contributed by atoms with Crippen LogP contribution in [0, 0.1) is 0 Å². The lowest BCUT2D eigenvalue weighted by Crippen LogP contribution is -2.47. The van der Waals surface area contributed by atoms with Gasteiger partial charge in [-0.25, -0.2) is 9.59 Å². The van der Waals surface area contributed by atoms with E-state index in [1.807, 2.05) is 20.8 Å². The Bertz CT molecular complexity index is 836. The molecule has 0 saturated carbocycles. The molecule has 1 aromatic rings. The van der Waals surface area contributed by atoms with Gasteiger partial charge >= 0.3 is 12.2 Å². The van der Waals surface area contributed by atoms with Gasteiger partial charge in [0.25, 0.3) is 5.91 Å². The molecule has 10 nitrogen and oxygen atoms in total. The molecule has 3 amide bonds. The molecule has 3 rings (SSSR count). The standard InChI is InChI=1S/C21H33N5O5/c1-6-30-19(28)25-10-7-14(8-11-25)22-18(27)17-15-13-26(20(29)31-21(2,3)4)12-9-16(15)23-24(17)5/h14H,6-13H2,1-5H3,(H,22,27). The van der Waals surface area contributed by atoms with Gasteiger partial charge in [0.15, 0.2) is 0 Å². The van der Waals surface area contributed by atoms with E-state index in [2.05, 4.69) is 10.4 Å². The predicted octanol–water partition coefficient (Wildman–Crippen LogP) is 2.06. The number of aryl methyl sites for hydroxylation is 1. The Balaban J connectivity index is 1.64. The third-order valence-corrected chi connectivity index (χ3v) is 5.42. The Morgan fingerprint density at radius 2 is 1.77 bits per heavy atom. The van der Waals surface area contributed by atoms with Crippen LogP contribution in [0.3, 0.4) is 0 Å². The van der Waals surface area contributed by atoms with Gasteiger partial charge in [0.1, 0.15) is 11.3 Å². The zero-order valence-electron chi connectivity index (χ0n) is 19.1. The molecule has 0 aliphatic carbocycles. The van der Waals surface area contributed by atoms with Crippen molar-refractivity contribution in [3.8, 4) is 0 Å². The quantitative estimate of drug-likeness (QED) is 0.779. The molecule has 172 valence electrons. The molecule has 1 aromatic heterocycles. The maximum Gasteiger partial charge on any atom is 0.410 e. The van der Waals surface area contributed by atoms with Crippen LogP contribution in [0.4, 0.5) is 9.59 Å². The Morgan fingerprint density at radius 3 is 2.39 bits per heavy atom. The van der Waals surface area contributed by atoms with Gasteiger partial charge in [-0.2, -0.15) is 5.10 Å². The highest BCUT2D eigenvalue weighted by Crippen LogP contribution is 2.24. The summed E-state index contributed by atoms with van der Waals surface area (Å²) in [6.07, 6.45) is 1.20. The van der Waals surface area contributed by atoms with Crippen molar-refractivity contribution in [2.75, 3.05) is 26.2 Å². The molecule has 3 heterocycles. The summed E-state index contributed by atoms with van der Waals surface area (Å²) in [6, 6.07) is -0.0331. The second-order valence-corrected chi connectivity index (χ2v) is 8.98. The molecule has 1 N–H and O–H groups in total. The summed E-state index contributed by atoms with van der Waals surface area (Å²) < 4.78 is 12.1. The molecule has 1 saturated heterocycles. The fraction of sp³-hybridized carbons (Fsp3) is 0.714. The summed E-state index contributed by atoms with van der Waals surface area (Å²) in [5, 5.41) is 7.57. The van der Waals surface area contributed by atoms with E-state index in [1.165, 1.54) is 0 Å². The number of likely N-dealkylation sites (tertiary alicyclic amines) is 1. The fourth-order valence-corrected chi connectivity index (χ4v) is 3.94. The van der Waals surface area contributed by atoms with Crippen molar-refractivity contribution in [2.45, 2.75) is 65.1 Å². The third-order valence-electron chi connectivity index (χ3n) is 5.42. The van der Waals surface area contributed by atoms with Crippen molar-refractivity contribution in [1.82, 2.24) is 24.9 Å². The number of ether oxygens (including phenoxy) is 2. The maximum absolute atomic E-state index is 13.1. The number of rotatable bonds is 3. The van der Waals surface area contributed by atoms with Crippen molar-refractivity contribution in [3.63, 3.8) is 0 Å². The molecule has 2 aliphatic rings. The van der Waals surface area contributed by atoms with Gasteiger partial charge in [-0.3, -0.25) is 9.48 Å². The summed E-state index contributed by atoms with van der Waals surface area (Å²) in [6.45, 7) is 9.50. The number of carbonyl (C=O) groups excluding carboxylic acids is 3. The second kappa shape index (κ2) is 9.15. The molecule has 10 heteroatoms. The average Bonchev–Trinajstić information content (AvgIpc) is 3.02. The lowest BCUT2D eigenvalue weighted by atomic mass is 10.0. The van der Waals surface area contributed by atoms with Gasteiger partial charge < -0.3 is 24.6 Å². The Labute approximate surface area is 182 Å². The van der Waals surface area contributed by atoms with E-state index in [1.54, 1.807) is 28.5 Å². The highest BCUT2D eigenvalue weighted by molar-refractivity contribution is 5.94. The summed E-state index contributed by atoms with van der Waals surface area (Å²) >= 11 is 0. The first kappa shape index (κ1) is 22.9. The van der Waals surface area contributed by atoms with E-state index in [0.29, 0.717) is 57.7 Å². The third kappa shape index (κ3) is 5.48. The van der Waals surface area contributed by atoms with E-state index in [-0.39, 0.29) is 24.1 Å². The Morgan fingerprint density at radius 1 is 1.10 bits per heavy atom. The summed E-state index contributed by atoms with van der Waals surface area (Å²) in [5.74, 6) is -0.211. The number of nitrogens with one attached hydrogen (secondary N) is 1. The van der Waals surface area contributed by atoms with E-state index < -0.39 is 5.60 Å². The minimum atomic E-state index is -0.578. The molecule has 2 aliphatic heterocycles. The smallest absolute Gasteiger partial charge is 0.410 e. The van der Waals surface area contributed by atoms with Gasteiger partial charge in [0.05, 0.1) is 18.8 Å². The van der Waals surface area contributed by atoms with Crippen LogP contribution < -0.4 is 5.32 Å². The highest BCUT2D eigenvalue weighted by atomic mass is 16.6. The number of piperidine rings is 1.